The van der Waals surface area contributed by atoms with E-state index in [9.17, 15) is 19.2 Å². The smallest absolute Gasteiger partial charge is 0.349 e. The summed E-state index contributed by atoms with van der Waals surface area (Å²) in [5.41, 5.74) is 25.1. The van der Waals surface area contributed by atoms with Gasteiger partial charge in [0.25, 0.3) is 5.91 Å². The Morgan fingerprint density at radius 2 is 0.836 bits per heavy atom. The van der Waals surface area contributed by atoms with E-state index in [1.807, 2.05) is 6.92 Å². The zero-order chi connectivity index (χ0) is 56.1. The van der Waals surface area contributed by atoms with Crippen LogP contribution in [0, 0.1) is 0 Å². The maximum Gasteiger partial charge on any atom is 0.349 e. The summed E-state index contributed by atoms with van der Waals surface area (Å²) in [6.45, 7) is 16.9. The fraction of sp³-hybridized carbons (Fsp3) is 0.721. The third-order valence-corrected chi connectivity index (χ3v) is 7.50. The van der Waals surface area contributed by atoms with Gasteiger partial charge in [-0.05, 0) is 137 Å². The molecule has 0 saturated heterocycles. The van der Waals surface area contributed by atoms with Gasteiger partial charge in [-0.3, -0.25) is 31.3 Å². The topological polar surface area (TPSA) is 397 Å². The van der Waals surface area contributed by atoms with Gasteiger partial charge in [0.05, 0.1) is 0 Å². The molecule has 73 heavy (non-hydrogen) atoms. The predicted octanol–water partition coefficient (Wildman–Crippen LogP) is 0.790. The summed E-state index contributed by atoms with van der Waals surface area (Å²) in [5.74, 6) is -0.362. The number of unbranched alkanes of at least 4 members (excludes halogenated alkanes) is 6. The van der Waals surface area contributed by atoms with Crippen molar-refractivity contribution in [2.45, 2.75) is 132 Å². The number of nitrogens with one attached hydrogen (secondary N) is 12. The maximum atomic E-state index is 10.8. The van der Waals surface area contributed by atoms with Gasteiger partial charge in [-0.25, -0.2) is 42.1 Å². The molecule has 0 saturated carbocycles. The van der Waals surface area contributed by atoms with Gasteiger partial charge >= 0.3 is 12.1 Å². The summed E-state index contributed by atoms with van der Waals surface area (Å²) in [6, 6.07) is -0.715. The summed E-state index contributed by atoms with van der Waals surface area (Å²) in [5, 5.41) is 70.5. The van der Waals surface area contributed by atoms with Crippen LogP contribution in [0.25, 0.3) is 0 Å². The van der Waals surface area contributed by atoms with Crippen LogP contribution >= 0.6 is 24.4 Å². The van der Waals surface area contributed by atoms with Crippen molar-refractivity contribution in [1.29, 1.82) is 0 Å². The van der Waals surface area contributed by atoms with Crippen molar-refractivity contribution in [2.24, 2.45) is 30.6 Å². The molecule has 0 aliphatic carbocycles. The summed E-state index contributed by atoms with van der Waals surface area (Å²) in [4.78, 5) is 43.2. The molecule has 0 aromatic heterocycles. The molecule has 0 rings (SSSR count). The molecule has 0 spiro atoms. The fourth-order valence-corrected chi connectivity index (χ4v) is 3.90. The Bertz CT molecular complexity index is 1320. The van der Waals surface area contributed by atoms with Gasteiger partial charge in [-0.2, -0.15) is 30.6 Å². The Balaban J connectivity index is -0.000000185. The first-order valence-electron chi connectivity index (χ1n) is 24.1. The number of aliphatic hydroxyl groups is 5. The first-order chi connectivity index (χ1) is 35.3. The zero-order valence-corrected chi connectivity index (χ0v) is 45.8. The molecule has 0 aliphatic heterocycles. The van der Waals surface area contributed by atoms with E-state index >= 15 is 0 Å². The second-order valence-corrected chi connectivity index (χ2v) is 14.2. The van der Waals surface area contributed by atoms with E-state index in [0.717, 1.165) is 58.0 Å². The summed E-state index contributed by atoms with van der Waals surface area (Å²) >= 11 is 9.75. The van der Waals surface area contributed by atoms with E-state index in [1.54, 1.807) is 47.0 Å². The number of rotatable bonds is 33. The monoisotopic (exact) mass is 1080 g/mol. The molecule has 0 bridgehead atoms. The van der Waals surface area contributed by atoms with Crippen molar-refractivity contribution in [1.82, 2.24) is 64.9 Å². The van der Waals surface area contributed by atoms with Gasteiger partial charge in [-0.1, -0.05) is 13.3 Å². The minimum atomic E-state index is -0.401. The highest BCUT2D eigenvalue weighted by Crippen LogP contribution is 1.93. The number of carbonyl (C=O) groups excluding carboxylic acids is 4. The van der Waals surface area contributed by atoms with Crippen LogP contribution < -0.4 is 64.9 Å². The van der Waals surface area contributed by atoms with Crippen LogP contribution in [0.15, 0.2) is 30.6 Å². The number of nitrogens with zero attached hydrogens (tertiary/aromatic N) is 6. The van der Waals surface area contributed by atoms with E-state index in [-0.39, 0.29) is 57.5 Å². The van der Waals surface area contributed by atoms with Crippen molar-refractivity contribution in [2.75, 3.05) is 72.4 Å². The molecular formula is C43H92N18O10S2. The highest BCUT2D eigenvalue weighted by atomic mass is 32.1. The lowest BCUT2D eigenvalue weighted by Gasteiger charge is -2.07. The van der Waals surface area contributed by atoms with Gasteiger partial charge in [-0.15, -0.1) is 0 Å². The van der Waals surface area contributed by atoms with Crippen molar-refractivity contribution < 1.29 is 49.4 Å². The second kappa shape index (κ2) is 75.5. The molecule has 0 unspecified atom stereocenters. The van der Waals surface area contributed by atoms with E-state index in [0.29, 0.717) is 62.0 Å². The number of urea groups is 2. The molecule has 0 atom stereocenters. The molecule has 0 aromatic rings. The number of hydrazone groups is 6. The highest BCUT2D eigenvalue weighted by Gasteiger charge is 1.99. The summed E-state index contributed by atoms with van der Waals surface area (Å²) < 4.78 is 5.00. The fourth-order valence-electron chi connectivity index (χ4n) is 3.62. The van der Waals surface area contributed by atoms with Crippen molar-refractivity contribution in [3.8, 4) is 0 Å². The van der Waals surface area contributed by atoms with Crippen LogP contribution in [-0.4, -0.2) is 169 Å². The Morgan fingerprint density at radius 1 is 0.438 bits per heavy atom. The minimum absolute atomic E-state index is 0.0166. The molecule has 426 valence electrons. The quantitative estimate of drug-likeness (QED) is 0.0187. The number of ether oxygens (including phenoxy) is 1. The van der Waals surface area contributed by atoms with Crippen LogP contribution in [-0.2, 0) is 14.3 Å². The Morgan fingerprint density at radius 3 is 1.33 bits per heavy atom. The van der Waals surface area contributed by atoms with Crippen LogP contribution in [0.3, 0.4) is 0 Å². The van der Waals surface area contributed by atoms with Gasteiger partial charge in [0.2, 0.25) is 11.0 Å². The van der Waals surface area contributed by atoms with E-state index in [2.05, 4.69) is 102 Å². The SMILES string of the molecule is CC=NNC(=O)CCCCO.CC=NNC(=O)COCCCCO.CC=NNC(=O)NCCCCO.CC=NNC(=O)NNCCCCO.CC=NNC(=S)NCCCC.CC=NNC(=S)NNCCCCO. The lowest BCUT2D eigenvalue weighted by molar-refractivity contribution is -0.125. The Hall–Kier alpha value is -5.44. The molecule has 0 fully saturated rings. The molecule has 0 radical (unpaired) electrons. The van der Waals surface area contributed by atoms with Crippen LogP contribution in [0.5, 0.6) is 0 Å². The largest absolute Gasteiger partial charge is 0.396 e. The first kappa shape index (κ1) is 79.0. The molecule has 0 heterocycles. The number of aliphatic hydroxyl groups excluding tert-OH is 5. The predicted molar refractivity (Wildman–Crippen MR) is 300 cm³/mol. The number of hydrogen-bond acceptors (Lipinski definition) is 20. The molecule has 28 nitrogen and oxygen atoms in total. The molecule has 6 amide bonds. The molecule has 0 aromatic carbocycles. The van der Waals surface area contributed by atoms with E-state index < -0.39 is 6.03 Å². The number of carbonyl (C=O) groups is 4. The van der Waals surface area contributed by atoms with E-state index in [4.69, 9.17) is 54.7 Å². The van der Waals surface area contributed by atoms with Crippen LogP contribution in [0.1, 0.15) is 132 Å². The number of hydrazine groups is 2. The third kappa shape index (κ3) is 89.9. The van der Waals surface area contributed by atoms with Crippen LogP contribution in [0.2, 0.25) is 0 Å². The minimum Gasteiger partial charge on any atom is -0.396 e. The Kier molecular flexibility index (Phi) is 81.7. The van der Waals surface area contributed by atoms with Crippen molar-refractivity contribution in [3.05, 3.63) is 0 Å². The first-order valence-corrected chi connectivity index (χ1v) is 24.9. The molecule has 0 aliphatic rings. The zero-order valence-electron chi connectivity index (χ0n) is 44.2. The highest BCUT2D eigenvalue weighted by molar-refractivity contribution is 7.80. The lowest BCUT2D eigenvalue weighted by Crippen LogP contribution is -2.42. The summed E-state index contributed by atoms with van der Waals surface area (Å²) in [6.07, 6.45) is 19.6. The lowest BCUT2D eigenvalue weighted by atomic mass is 10.2. The van der Waals surface area contributed by atoms with Gasteiger partial charge in [0, 0.05) is 110 Å². The Labute approximate surface area is 443 Å². The van der Waals surface area contributed by atoms with Gasteiger partial charge in [0.15, 0.2) is 5.11 Å². The second-order valence-electron chi connectivity index (χ2n) is 13.4. The van der Waals surface area contributed by atoms with Crippen LogP contribution in [0.4, 0.5) is 9.59 Å². The molecule has 30 heteroatoms. The van der Waals surface area contributed by atoms with Gasteiger partial charge < -0.3 is 40.9 Å². The number of amides is 6. The maximum absolute atomic E-state index is 10.8. The standard InChI is InChI=1S/C8H16N2O3.C7H16N4O2.C7H16N4OS.C7H15N3O2.C7H15N3S.C7H14N2O2/c1-2-9-10-8(12)7-13-6-4-3-5-11;2*1-2-8-10-7(13)11-9-5-3-4-6-12;1-2-9-10-7(12)8-5-3-4-6-11;1-3-5-6-8-7(11)10-9-4-2;1-2-8-9-7(11)5-3-4-6-10/h2,11H,3-7H2,1H3,(H,10,12);2*2,9,12H,3-6H2,1H3,(H2,10,11,13);2,11H,3-6H2,1H3,(H2,8,10,12);4H,3,5-6H2,1-2H3,(H2,8,10,11);2,10H,3-6H2,1H3,(H,9,11). The van der Waals surface area contributed by atoms with Crippen molar-refractivity contribution >= 4 is 95.8 Å². The number of thiocarbonyl (C=S) groups is 2. The summed E-state index contributed by atoms with van der Waals surface area (Å²) in [7, 11) is 0. The third-order valence-electron chi connectivity index (χ3n) is 7.07. The molecular weight excluding hydrogens is 993 g/mol. The average Bonchev–Trinajstić information content (AvgIpc) is 3.39. The van der Waals surface area contributed by atoms with Crippen molar-refractivity contribution in [3.63, 3.8) is 0 Å². The number of hydrogen-bond donors (Lipinski definition) is 17. The molecule has 17 N–H and O–H groups in total. The average molecular weight is 1090 g/mol. The van der Waals surface area contributed by atoms with E-state index in [1.165, 1.54) is 31.3 Å². The normalized spacial score (nSPS) is 10.3. The van der Waals surface area contributed by atoms with Gasteiger partial charge in [0.1, 0.15) is 6.61 Å².